The second-order valence-electron chi connectivity index (χ2n) is 10.5. The van der Waals surface area contributed by atoms with Crippen LogP contribution in [0.3, 0.4) is 0 Å². The summed E-state index contributed by atoms with van der Waals surface area (Å²) < 4.78 is 90.4. The molecule has 2 heterocycles. The van der Waals surface area contributed by atoms with Gasteiger partial charge in [-0.3, -0.25) is 19.2 Å². The quantitative estimate of drug-likeness (QED) is 0.142. The molecule has 0 spiro atoms. The highest BCUT2D eigenvalue weighted by molar-refractivity contribution is 6.35. The van der Waals surface area contributed by atoms with E-state index in [1.54, 1.807) is 0 Å². The van der Waals surface area contributed by atoms with Gasteiger partial charge in [0.05, 0.1) is 33.6 Å². The molecule has 0 N–H and O–H groups in total. The molecule has 2 aliphatic heterocycles. The Kier molecular flexibility index (Phi) is 6.87. The number of carbonyl (C=O) groups is 4. The Hall–Kier alpha value is -6.14. The number of anilines is 2. The molecule has 0 saturated carbocycles. The van der Waals surface area contributed by atoms with Gasteiger partial charge in [0.25, 0.3) is 23.6 Å². The van der Waals surface area contributed by atoms with Gasteiger partial charge >= 0.3 is 12.4 Å². The van der Waals surface area contributed by atoms with Crippen molar-refractivity contribution < 1.29 is 45.5 Å². The summed E-state index contributed by atoms with van der Waals surface area (Å²) in [5, 5.41) is 0. The second kappa shape index (κ2) is 10.5. The molecule has 0 aromatic heterocycles. The number of imide groups is 2. The van der Waals surface area contributed by atoms with Gasteiger partial charge in [-0.05, 0) is 71.8 Å². The predicted molar refractivity (Wildman–Crippen MR) is 157 cm³/mol. The molecule has 6 rings (SSSR count). The van der Waals surface area contributed by atoms with Gasteiger partial charge in [0.15, 0.2) is 0 Å². The van der Waals surface area contributed by atoms with Crippen LogP contribution in [0.25, 0.3) is 0 Å². The van der Waals surface area contributed by atoms with E-state index in [1.807, 2.05) is 0 Å². The van der Waals surface area contributed by atoms with E-state index in [4.69, 9.17) is 12.8 Å². The number of rotatable bonds is 4. The number of fused-ring (bicyclic) bond motifs is 2. The fraction of sp³-hybridized carbons (Fsp3) is 0.0857. The minimum atomic E-state index is -6.10. The monoisotopic (exact) mass is 642 g/mol. The first-order valence-electron chi connectivity index (χ1n) is 13.5. The lowest BCUT2D eigenvalue weighted by molar-refractivity contribution is -0.288. The molecule has 232 valence electrons. The second-order valence-corrected chi connectivity index (χ2v) is 10.5. The molecule has 47 heavy (non-hydrogen) atoms. The molecule has 0 unspecified atom stereocenters. The van der Waals surface area contributed by atoms with Crippen molar-refractivity contribution in [2.24, 2.45) is 0 Å². The number of benzene rings is 4. The first-order chi connectivity index (χ1) is 22.1. The van der Waals surface area contributed by atoms with Crippen LogP contribution in [0.2, 0.25) is 0 Å². The molecule has 2 aliphatic rings. The topological polar surface area (TPSA) is 74.8 Å². The van der Waals surface area contributed by atoms with Crippen LogP contribution in [0.1, 0.15) is 63.7 Å². The van der Waals surface area contributed by atoms with Crippen molar-refractivity contribution in [1.29, 1.82) is 0 Å². The van der Waals surface area contributed by atoms with Crippen LogP contribution in [0.4, 0.5) is 37.7 Å². The van der Waals surface area contributed by atoms with Crippen molar-refractivity contribution in [2.75, 3.05) is 9.80 Å². The van der Waals surface area contributed by atoms with Crippen LogP contribution in [-0.4, -0.2) is 36.0 Å². The van der Waals surface area contributed by atoms with Gasteiger partial charge in [-0.2, -0.15) is 26.3 Å². The number of hydrogen-bond donors (Lipinski definition) is 0. The highest BCUT2D eigenvalue weighted by atomic mass is 19.4. The lowest BCUT2D eigenvalue weighted by atomic mass is 9.71. The van der Waals surface area contributed by atoms with Gasteiger partial charge < -0.3 is 0 Å². The van der Waals surface area contributed by atoms with Crippen molar-refractivity contribution in [1.82, 2.24) is 0 Å². The molecule has 0 aliphatic carbocycles. The number of amides is 4. The summed E-state index contributed by atoms with van der Waals surface area (Å²) in [6.07, 6.45) is -1.46. The normalized spacial score (nSPS) is 14.6. The zero-order valence-electron chi connectivity index (χ0n) is 23.5. The summed E-state index contributed by atoms with van der Waals surface area (Å²) in [6.45, 7) is 0. The van der Waals surface area contributed by atoms with Gasteiger partial charge in [0.1, 0.15) is 0 Å². The molecule has 0 fully saturated rings. The predicted octanol–water partition coefficient (Wildman–Crippen LogP) is 6.66. The fourth-order valence-electron chi connectivity index (χ4n) is 5.87. The largest absolute Gasteiger partial charge is 0.411 e. The van der Waals surface area contributed by atoms with Crippen molar-refractivity contribution in [3.63, 3.8) is 0 Å². The van der Waals surface area contributed by atoms with E-state index in [9.17, 15) is 19.2 Å². The van der Waals surface area contributed by atoms with Crippen LogP contribution in [0.5, 0.6) is 0 Å². The van der Waals surface area contributed by atoms with E-state index in [-0.39, 0.29) is 22.5 Å². The molecule has 4 aromatic rings. The first kappa shape index (κ1) is 30.9. The standard InChI is InChI=1S/C35H16F6N2O4/c1-3-19-7-5-9-23(15-19)42-29(44)25-13-11-21(17-27(25)31(42)46)33(34(36,37)38,35(39,40)41)22-12-14-26-28(18-22)32(47)43(30(26)45)24-10-6-8-20(4-2)16-24/h1-2,5-18H. The van der Waals surface area contributed by atoms with Gasteiger partial charge in [0, 0.05) is 11.1 Å². The number of terminal acetylenes is 2. The molecular formula is C35H16F6N2O4. The molecule has 0 bridgehead atoms. The number of alkyl halides is 6. The Labute approximate surface area is 262 Å². The van der Waals surface area contributed by atoms with Crippen LogP contribution in [0.15, 0.2) is 84.9 Å². The molecule has 0 radical (unpaired) electrons. The fourth-order valence-corrected chi connectivity index (χ4v) is 5.87. The van der Waals surface area contributed by atoms with E-state index < -0.39 is 74.8 Å². The van der Waals surface area contributed by atoms with E-state index >= 15 is 26.3 Å². The van der Waals surface area contributed by atoms with Gasteiger partial charge in [-0.15, -0.1) is 12.8 Å². The molecule has 4 amide bonds. The van der Waals surface area contributed by atoms with Crippen LogP contribution < -0.4 is 9.80 Å². The van der Waals surface area contributed by atoms with Crippen molar-refractivity contribution >= 4 is 35.0 Å². The third-order valence-electron chi connectivity index (χ3n) is 8.03. The average Bonchev–Trinajstić information content (AvgIpc) is 3.43. The summed E-state index contributed by atoms with van der Waals surface area (Å²) in [6, 6.07) is 14.1. The third-order valence-corrected chi connectivity index (χ3v) is 8.03. The van der Waals surface area contributed by atoms with Gasteiger partial charge in [-0.1, -0.05) is 36.1 Å². The van der Waals surface area contributed by atoms with Crippen LogP contribution in [0, 0.1) is 24.7 Å². The van der Waals surface area contributed by atoms with E-state index in [1.165, 1.54) is 48.5 Å². The molecule has 0 saturated heterocycles. The molecule has 12 heteroatoms. The van der Waals surface area contributed by atoms with Crippen LogP contribution in [-0.2, 0) is 5.41 Å². The maximum absolute atomic E-state index is 15.1. The minimum absolute atomic E-state index is 0.0368. The van der Waals surface area contributed by atoms with E-state index in [0.717, 1.165) is 0 Å². The van der Waals surface area contributed by atoms with Crippen LogP contribution >= 0.6 is 0 Å². The number of hydrogen-bond acceptors (Lipinski definition) is 4. The number of halogens is 6. The average molecular weight is 643 g/mol. The number of carbonyl (C=O) groups excluding carboxylic acids is 4. The Morgan fingerprint density at radius 2 is 0.851 bits per heavy atom. The molecule has 0 atom stereocenters. The highest BCUT2D eigenvalue weighted by Gasteiger charge is 2.73. The first-order valence-corrected chi connectivity index (χ1v) is 13.5. The Morgan fingerprint density at radius 1 is 0.489 bits per heavy atom. The Morgan fingerprint density at radius 3 is 1.19 bits per heavy atom. The van der Waals surface area contributed by atoms with Crippen molar-refractivity contribution in [2.45, 2.75) is 17.8 Å². The summed E-state index contributed by atoms with van der Waals surface area (Å²) >= 11 is 0. The maximum atomic E-state index is 15.1. The zero-order valence-corrected chi connectivity index (χ0v) is 23.5. The Bertz CT molecular complexity index is 2000. The van der Waals surface area contributed by atoms with E-state index in [0.29, 0.717) is 46.2 Å². The zero-order chi connectivity index (χ0) is 34.1. The van der Waals surface area contributed by atoms with Crippen molar-refractivity contribution in [3.8, 4) is 24.7 Å². The lowest BCUT2D eigenvalue weighted by Gasteiger charge is -2.38. The molecule has 6 nitrogen and oxygen atoms in total. The number of nitrogens with zero attached hydrogens (tertiary/aromatic N) is 2. The van der Waals surface area contributed by atoms with Gasteiger partial charge in [-0.25, -0.2) is 9.80 Å². The summed E-state index contributed by atoms with van der Waals surface area (Å²) in [7, 11) is 0. The van der Waals surface area contributed by atoms with Crippen molar-refractivity contribution in [3.05, 3.63) is 129 Å². The maximum Gasteiger partial charge on any atom is 0.411 e. The SMILES string of the molecule is C#Cc1cccc(N2C(=O)c3ccc(C(c4ccc5c(c4)C(=O)N(c4cccc(C#C)c4)C5=O)(C(F)(F)F)C(F)(F)F)cc3C2=O)c1. The smallest absolute Gasteiger partial charge is 0.268 e. The third kappa shape index (κ3) is 4.41. The Balaban J connectivity index is 1.51. The summed E-state index contributed by atoms with van der Waals surface area (Å²) in [5.41, 5.74) is -9.49. The summed E-state index contributed by atoms with van der Waals surface area (Å²) in [5.74, 6) is 0.318. The minimum Gasteiger partial charge on any atom is -0.268 e. The molecule has 4 aromatic carbocycles. The highest BCUT2D eigenvalue weighted by Crippen LogP contribution is 2.57. The summed E-state index contributed by atoms with van der Waals surface area (Å²) in [4.78, 5) is 54.2. The van der Waals surface area contributed by atoms with E-state index in [2.05, 4.69) is 11.8 Å². The lowest BCUT2D eigenvalue weighted by Crippen LogP contribution is -2.55. The van der Waals surface area contributed by atoms with Gasteiger partial charge in [0.2, 0.25) is 5.41 Å². The molecular weight excluding hydrogens is 626 g/mol.